The molecule has 0 amide bonds. The summed E-state index contributed by atoms with van der Waals surface area (Å²) in [5, 5.41) is 0. The Balaban J connectivity index is 3.77. The lowest BCUT2D eigenvalue weighted by Gasteiger charge is -2.14. The minimum atomic E-state index is -4.09. The van der Waals surface area contributed by atoms with Crippen LogP contribution in [0.4, 0.5) is 0 Å². The number of ether oxygens (including phenoxy) is 1. The standard InChI is InChI=1S/C11H23O5P/c1-3-5-6-10(4-2)9-16-11(12)7-8-17(13,14)15/h10H,3-9H2,1-2H3,(H2,13,14,15). The first kappa shape index (κ1) is 16.6. The van der Waals surface area contributed by atoms with Crippen LogP contribution in [0.15, 0.2) is 0 Å². The zero-order valence-corrected chi connectivity index (χ0v) is 11.5. The molecule has 0 heterocycles. The Hall–Kier alpha value is -0.380. The SMILES string of the molecule is CCCCC(CC)COC(=O)CCP(=O)(O)O. The molecule has 0 radical (unpaired) electrons. The zero-order chi connectivity index (χ0) is 13.3. The largest absolute Gasteiger partial charge is 0.465 e. The first-order valence-corrected chi connectivity index (χ1v) is 7.89. The van der Waals surface area contributed by atoms with Gasteiger partial charge >= 0.3 is 13.6 Å². The molecular weight excluding hydrogens is 243 g/mol. The highest BCUT2D eigenvalue weighted by Crippen LogP contribution is 2.34. The van der Waals surface area contributed by atoms with E-state index in [2.05, 4.69) is 6.92 Å². The van der Waals surface area contributed by atoms with Crippen molar-refractivity contribution in [2.45, 2.75) is 46.0 Å². The van der Waals surface area contributed by atoms with Crippen molar-refractivity contribution < 1.29 is 23.9 Å². The number of carbonyl (C=O) groups is 1. The lowest BCUT2D eigenvalue weighted by molar-refractivity contribution is -0.144. The molecule has 0 aromatic carbocycles. The molecule has 0 aromatic heterocycles. The Morgan fingerprint density at radius 1 is 1.35 bits per heavy atom. The van der Waals surface area contributed by atoms with Crippen LogP contribution < -0.4 is 0 Å². The topological polar surface area (TPSA) is 83.8 Å². The van der Waals surface area contributed by atoms with Gasteiger partial charge < -0.3 is 14.5 Å². The summed E-state index contributed by atoms with van der Waals surface area (Å²) < 4.78 is 15.6. The van der Waals surface area contributed by atoms with Crippen molar-refractivity contribution in [1.29, 1.82) is 0 Å². The van der Waals surface area contributed by atoms with Gasteiger partial charge in [0.15, 0.2) is 0 Å². The van der Waals surface area contributed by atoms with Gasteiger partial charge in [0.05, 0.1) is 19.2 Å². The summed E-state index contributed by atoms with van der Waals surface area (Å²) in [6.45, 7) is 4.51. The maximum absolute atomic E-state index is 11.2. The Kier molecular flexibility index (Phi) is 8.48. The molecule has 0 saturated heterocycles. The van der Waals surface area contributed by atoms with Crippen LogP contribution in [0.1, 0.15) is 46.0 Å². The number of unbranched alkanes of at least 4 members (excludes halogenated alkanes) is 1. The van der Waals surface area contributed by atoms with E-state index >= 15 is 0 Å². The van der Waals surface area contributed by atoms with Gasteiger partial charge in [-0.25, -0.2) is 0 Å². The quantitative estimate of drug-likeness (QED) is 0.494. The van der Waals surface area contributed by atoms with Crippen LogP contribution in [0.25, 0.3) is 0 Å². The fourth-order valence-corrected chi connectivity index (χ4v) is 1.89. The molecule has 1 unspecified atom stereocenters. The second-order valence-corrected chi connectivity index (χ2v) is 6.01. The summed E-state index contributed by atoms with van der Waals surface area (Å²) in [4.78, 5) is 28.4. The Morgan fingerprint density at radius 3 is 2.47 bits per heavy atom. The molecule has 2 N–H and O–H groups in total. The molecule has 6 heteroatoms. The predicted octanol–water partition coefficient (Wildman–Crippen LogP) is 2.31. The number of carbonyl (C=O) groups excluding carboxylic acids is 1. The van der Waals surface area contributed by atoms with E-state index in [1.54, 1.807) is 0 Å². The van der Waals surface area contributed by atoms with Gasteiger partial charge in [0.2, 0.25) is 0 Å². The van der Waals surface area contributed by atoms with Crippen LogP contribution in [-0.4, -0.2) is 28.5 Å². The van der Waals surface area contributed by atoms with Crippen LogP contribution >= 0.6 is 7.60 Å². The first-order chi connectivity index (χ1) is 7.89. The minimum Gasteiger partial charge on any atom is -0.465 e. The van der Waals surface area contributed by atoms with Crippen molar-refractivity contribution in [2.24, 2.45) is 5.92 Å². The van der Waals surface area contributed by atoms with Gasteiger partial charge in [0.25, 0.3) is 0 Å². The monoisotopic (exact) mass is 266 g/mol. The summed E-state index contributed by atoms with van der Waals surface area (Å²) in [6, 6.07) is 0. The number of rotatable bonds is 9. The van der Waals surface area contributed by atoms with E-state index in [9.17, 15) is 9.36 Å². The van der Waals surface area contributed by atoms with Gasteiger partial charge in [-0.3, -0.25) is 9.36 Å². The van der Waals surface area contributed by atoms with Gasteiger partial charge in [-0.05, 0) is 12.3 Å². The first-order valence-electron chi connectivity index (χ1n) is 6.09. The molecule has 0 fully saturated rings. The van der Waals surface area contributed by atoms with E-state index in [0.29, 0.717) is 12.5 Å². The Bertz CT molecular complexity index is 261. The van der Waals surface area contributed by atoms with Gasteiger partial charge in [-0.2, -0.15) is 0 Å². The summed E-state index contributed by atoms with van der Waals surface area (Å²) in [5.41, 5.74) is 0. The highest BCUT2D eigenvalue weighted by Gasteiger charge is 2.17. The van der Waals surface area contributed by atoms with Crippen molar-refractivity contribution in [3.63, 3.8) is 0 Å². The van der Waals surface area contributed by atoms with Crippen molar-refractivity contribution >= 4 is 13.6 Å². The fourth-order valence-electron chi connectivity index (χ4n) is 1.42. The summed E-state index contributed by atoms with van der Waals surface area (Å²) in [5.74, 6) is -0.169. The van der Waals surface area contributed by atoms with Crippen molar-refractivity contribution in [3.05, 3.63) is 0 Å². The van der Waals surface area contributed by atoms with Gasteiger partial charge in [0.1, 0.15) is 0 Å². The average Bonchev–Trinajstić information content (AvgIpc) is 2.25. The maximum Gasteiger partial charge on any atom is 0.326 e. The van der Waals surface area contributed by atoms with Crippen LogP contribution in [-0.2, 0) is 14.1 Å². The van der Waals surface area contributed by atoms with Gasteiger partial charge in [-0.15, -0.1) is 0 Å². The lowest BCUT2D eigenvalue weighted by Crippen LogP contribution is -2.14. The van der Waals surface area contributed by atoms with Crippen LogP contribution in [0, 0.1) is 5.92 Å². The second-order valence-electron chi connectivity index (χ2n) is 4.24. The third-order valence-electron chi connectivity index (χ3n) is 2.63. The number of hydrogen-bond acceptors (Lipinski definition) is 3. The van der Waals surface area contributed by atoms with Crippen molar-refractivity contribution in [1.82, 2.24) is 0 Å². The van der Waals surface area contributed by atoms with Crippen molar-refractivity contribution in [3.8, 4) is 0 Å². The summed E-state index contributed by atoms with van der Waals surface area (Å²) >= 11 is 0. The second kappa shape index (κ2) is 8.67. The summed E-state index contributed by atoms with van der Waals surface area (Å²) in [6.07, 6.45) is 3.55. The molecule has 0 aliphatic carbocycles. The zero-order valence-electron chi connectivity index (χ0n) is 10.6. The minimum absolute atomic E-state index is 0.214. The normalized spacial score (nSPS) is 13.4. The fraction of sp³-hybridized carbons (Fsp3) is 0.909. The predicted molar refractivity (Wildman–Crippen MR) is 65.8 cm³/mol. The number of esters is 1. The molecule has 0 aliphatic heterocycles. The van der Waals surface area contributed by atoms with E-state index in [4.69, 9.17) is 14.5 Å². The highest BCUT2D eigenvalue weighted by atomic mass is 31.2. The molecular formula is C11H23O5P. The molecule has 102 valence electrons. The average molecular weight is 266 g/mol. The molecule has 5 nitrogen and oxygen atoms in total. The van der Waals surface area contributed by atoms with E-state index < -0.39 is 19.7 Å². The van der Waals surface area contributed by atoms with Crippen LogP contribution in [0.2, 0.25) is 0 Å². The van der Waals surface area contributed by atoms with E-state index in [1.165, 1.54) is 0 Å². The Morgan fingerprint density at radius 2 is 2.00 bits per heavy atom. The molecule has 1 atom stereocenters. The molecule has 0 aliphatic rings. The van der Waals surface area contributed by atoms with E-state index in [0.717, 1.165) is 25.7 Å². The molecule has 17 heavy (non-hydrogen) atoms. The highest BCUT2D eigenvalue weighted by molar-refractivity contribution is 7.51. The molecule has 0 spiro atoms. The summed E-state index contributed by atoms with van der Waals surface area (Å²) in [7, 11) is -4.09. The van der Waals surface area contributed by atoms with Gasteiger partial charge in [0, 0.05) is 0 Å². The molecule has 0 rings (SSSR count). The molecule has 0 aromatic rings. The molecule has 0 saturated carbocycles. The van der Waals surface area contributed by atoms with Crippen LogP contribution in [0.5, 0.6) is 0 Å². The smallest absolute Gasteiger partial charge is 0.326 e. The maximum atomic E-state index is 11.2. The van der Waals surface area contributed by atoms with Gasteiger partial charge in [-0.1, -0.05) is 33.1 Å². The molecule has 0 bridgehead atoms. The third-order valence-corrected chi connectivity index (χ3v) is 3.44. The van der Waals surface area contributed by atoms with E-state index in [-0.39, 0.29) is 6.42 Å². The lowest BCUT2D eigenvalue weighted by atomic mass is 10.0. The third kappa shape index (κ3) is 10.5. The van der Waals surface area contributed by atoms with Crippen LogP contribution in [0.3, 0.4) is 0 Å². The van der Waals surface area contributed by atoms with E-state index in [1.807, 2.05) is 6.92 Å². The Labute approximate surface area is 103 Å². The van der Waals surface area contributed by atoms with Crippen molar-refractivity contribution in [2.75, 3.05) is 12.8 Å². The number of hydrogen-bond donors (Lipinski definition) is 2.